The lowest BCUT2D eigenvalue weighted by Crippen LogP contribution is -2.51. The normalized spacial score (nSPS) is 42.4. The highest BCUT2D eigenvalue weighted by Crippen LogP contribution is 2.47. The van der Waals surface area contributed by atoms with Gasteiger partial charge in [0.05, 0.1) is 5.92 Å². The number of Topliss-reactive ketones (excluding diaryl/α,β-unsaturated/α-hetero) is 2. The molecule has 3 aliphatic carbocycles. The monoisotopic (exact) mass is 264 g/mol. The number of ketones is 2. The van der Waals surface area contributed by atoms with Crippen molar-refractivity contribution in [1.29, 1.82) is 0 Å². The molecule has 5 unspecified atom stereocenters. The maximum Gasteiger partial charge on any atom is 0.306 e. The highest BCUT2D eigenvalue weighted by Gasteiger charge is 2.52. The van der Waals surface area contributed by atoms with Crippen molar-refractivity contribution in [3.05, 3.63) is 0 Å². The first-order chi connectivity index (χ1) is 9.09. The average Bonchev–Trinajstić information content (AvgIpc) is 2.44. The molecule has 0 aromatic rings. The van der Waals surface area contributed by atoms with Gasteiger partial charge in [-0.05, 0) is 32.1 Å². The lowest BCUT2D eigenvalue weighted by Gasteiger charge is -2.44. The molecule has 0 aliphatic heterocycles. The van der Waals surface area contributed by atoms with E-state index in [1.54, 1.807) is 0 Å². The van der Waals surface area contributed by atoms with Crippen LogP contribution >= 0.6 is 0 Å². The van der Waals surface area contributed by atoms with Crippen molar-refractivity contribution in [2.24, 2.45) is 29.6 Å². The van der Waals surface area contributed by atoms with E-state index in [0.29, 0.717) is 19.3 Å². The van der Waals surface area contributed by atoms with Crippen molar-refractivity contribution in [2.45, 2.75) is 44.9 Å². The van der Waals surface area contributed by atoms with E-state index in [4.69, 9.17) is 5.11 Å². The third kappa shape index (κ3) is 2.01. The SMILES string of the molecule is O=C(O)C1CCC2C(=O)C3CCCCC3C(=O)C2C1. The molecule has 3 fully saturated rings. The summed E-state index contributed by atoms with van der Waals surface area (Å²) in [6.07, 6.45) is 5.29. The van der Waals surface area contributed by atoms with Gasteiger partial charge in [0.25, 0.3) is 0 Å². The summed E-state index contributed by atoms with van der Waals surface area (Å²) < 4.78 is 0. The molecule has 4 heteroatoms. The molecule has 3 rings (SSSR count). The number of carbonyl (C=O) groups excluding carboxylic acids is 2. The van der Waals surface area contributed by atoms with Crippen LogP contribution in [-0.4, -0.2) is 22.6 Å². The summed E-state index contributed by atoms with van der Waals surface area (Å²) >= 11 is 0. The number of carboxylic acids is 1. The molecule has 0 aromatic heterocycles. The van der Waals surface area contributed by atoms with Crippen LogP contribution < -0.4 is 0 Å². The first-order valence-corrected chi connectivity index (χ1v) is 7.40. The first kappa shape index (κ1) is 12.8. The van der Waals surface area contributed by atoms with Gasteiger partial charge in [0.2, 0.25) is 0 Å². The molecule has 5 atom stereocenters. The summed E-state index contributed by atoms with van der Waals surface area (Å²) in [6, 6.07) is 0. The fraction of sp³-hybridized carbons (Fsp3) is 0.800. The zero-order valence-electron chi connectivity index (χ0n) is 11.0. The van der Waals surface area contributed by atoms with Crippen LogP contribution in [0.5, 0.6) is 0 Å². The second kappa shape index (κ2) is 4.73. The van der Waals surface area contributed by atoms with E-state index < -0.39 is 11.9 Å². The first-order valence-electron chi connectivity index (χ1n) is 7.40. The Labute approximate surface area is 112 Å². The Morgan fingerprint density at radius 3 is 1.95 bits per heavy atom. The molecule has 104 valence electrons. The predicted octanol–water partition coefficient (Wildman–Crippen LogP) is 2.06. The van der Waals surface area contributed by atoms with E-state index in [1.807, 2.05) is 0 Å². The molecule has 0 spiro atoms. The Bertz CT molecular complexity index is 428. The highest BCUT2D eigenvalue weighted by molar-refractivity contribution is 6.00. The number of rotatable bonds is 1. The average molecular weight is 264 g/mol. The van der Waals surface area contributed by atoms with Crippen molar-refractivity contribution < 1.29 is 19.5 Å². The van der Waals surface area contributed by atoms with Gasteiger partial charge >= 0.3 is 5.97 Å². The number of carbonyl (C=O) groups is 3. The number of fused-ring (bicyclic) bond motifs is 2. The molecule has 0 aromatic carbocycles. The molecule has 0 saturated heterocycles. The molecule has 19 heavy (non-hydrogen) atoms. The Kier molecular flexibility index (Phi) is 3.19. The standard InChI is InChI=1S/C15H20O4/c16-13-9-3-1-2-4-10(9)14(17)12-7-8(15(18)19)5-6-11(12)13/h8-12H,1-7H2,(H,18,19). The van der Waals surface area contributed by atoms with Crippen LogP contribution in [0, 0.1) is 29.6 Å². The van der Waals surface area contributed by atoms with Gasteiger partial charge in [-0.2, -0.15) is 0 Å². The Hall–Kier alpha value is -1.19. The molecule has 1 N–H and O–H groups in total. The van der Waals surface area contributed by atoms with Gasteiger partial charge in [0.1, 0.15) is 11.6 Å². The molecular formula is C15H20O4. The van der Waals surface area contributed by atoms with E-state index in [-0.39, 0.29) is 35.2 Å². The summed E-state index contributed by atoms with van der Waals surface area (Å²) in [4.78, 5) is 36.2. The molecule has 0 amide bonds. The minimum atomic E-state index is -0.815. The minimum Gasteiger partial charge on any atom is -0.481 e. The zero-order chi connectivity index (χ0) is 13.6. The van der Waals surface area contributed by atoms with Crippen LogP contribution in [0.4, 0.5) is 0 Å². The highest BCUT2D eigenvalue weighted by atomic mass is 16.4. The topological polar surface area (TPSA) is 71.4 Å². The van der Waals surface area contributed by atoms with Crippen molar-refractivity contribution in [3.63, 3.8) is 0 Å². The third-order valence-electron chi connectivity index (χ3n) is 5.43. The molecular weight excluding hydrogens is 244 g/mol. The van der Waals surface area contributed by atoms with Crippen molar-refractivity contribution in [3.8, 4) is 0 Å². The Balaban J connectivity index is 1.84. The number of hydrogen-bond acceptors (Lipinski definition) is 3. The van der Waals surface area contributed by atoms with Crippen LogP contribution in [0.3, 0.4) is 0 Å². The molecule has 0 heterocycles. The fourth-order valence-electron chi connectivity index (χ4n) is 4.41. The second-order valence-electron chi connectivity index (χ2n) is 6.36. The van der Waals surface area contributed by atoms with Gasteiger partial charge in [-0.3, -0.25) is 14.4 Å². The number of carboxylic acid groups (broad SMARTS) is 1. The third-order valence-corrected chi connectivity index (χ3v) is 5.43. The van der Waals surface area contributed by atoms with Gasteiger partial charge < -0.3 is 5.11 Å². The lowest BCUT2D eigenvalue weighted by molar-refractivity contribution is -0.155. The van der Waals surface area contributed by atoms with Gasteiger partial charge in [0.15, 0.2) is 0 Å². The van der Waals surface area contributed by atoms with Crippen LogP contribution in [0.15, 0.2) is 0 Å². The van der Waals surface area contributed by atoms with Gasteiger partial charge in [-0.1, -0.05) is 12.8 Å². The predicted molar refractivity (Wildman–Crippen MR) is 67.4 cm³/mol. The van der Waals surface area contributed by atoms with Gasteiger partial charge in [0, 0.05) is 23.7 Å². The van der Waals surface area contributed by atoms with Crippen molar-refractivity contribution >= 4 is 17.5 Å². The van der Waals surface area contributed by atoms with Crippen molar-refractivity contribution in [1.82, 2.24) is 0 Å². The van der Waals surface area contributed by atoms with Gasteiger partial charge in [-0.15, -0.1) is 0 Å². The molecule has 3 saturated carbocycles. The second-order valence-corrected chi connectivity index (χ2v) is 6.36. The molecule has 3 aliphatic rings. The van der Waals surface area contributed by atoms with Crippen LogP contribution in [-0.2, 0) is 14.4 Å². The fourth-order valence-corrected chi connectivity index (χ4v) is 4.41. The van der Waals surface area contributed by atoms with E-state index in [0.717, 1.165) is 25.7 Å². The van der Waals surface area contributed by atoms with Gasteiger partial charge in [-0.25, -0.2) is 0 Å². The summed E-state index contributed by atoms with van der Waals surface area (Å²) in [6.45, 7) is 0. The summed E-state index contributed by atoms with van der Waals surface area (Å²) in [7, 11) is 0. The Morgan fingerprint density at radius 1 is 0.842 bits per heavy atom. The molecule has 0 bridgehead atoms. The van der Waals surface area contributed by atoms with E-state index >= 15 is 0 Å². The van der Waals surface area contributed by atoms with Crippen LogP contribution in [0.1, 0.15) is 44.9 Å². The number of hydrogen-bond donors (Lipinski definition) is 1. The van der Waals surface area contributed by atoms with Crippen LogP contribution in [0.2, 0.25) is 0 Å². The minimum absolute atomic E-state index is 0.0520. The lowest BCUT2D eigenvalue weighted by atomic mass is 9.57. The maximum atomic E-state index is 12.6. The molecule has 0 radical (unpaired) electrons. The quantitative estimate of drug-likeness (QED) is 0.787. The zero-order valence-corrected chi connectivity index (χ0v) is 11.0. The number of aliphatic carboxylic acids is 1. The summed E-state index contributed by atoms with van der Waals surface area (Å²) in [5, 5.41) is 9.12. The Morgan fingerprint density at radius 2 is 1.37 bits per heavy atom. The summed E-state index contributed by atoms with van der Waals surface area (Å²) in [5.41, 5.74) is 0. The van der Waals surface area contributed by atoms with E-state index in [2.05, 4.69) is 0 Å². The smallest absolute Gasteiger partial charge is 0.306 e. The van der Waals surface area contributed by atoms with Crippen molar-refractivity contribution in [2.75, 3.05) is 0 Å². The summed E-state index contributed by atoms with van der Waals surface area (Å²) in [5.74, 6) is -1.43. The van der Waals surface area contributed by atoms with Crippen LogP contribution in [0.25, 0.3) is 0 Å². The molecule has 4 nitrogen and oxygen atoms in total. The maximum absolute atomic E-state index is 12.6. The van der Waals surface area contributed by atoms with E-state index in [1.165, 1.54) is 0 Å². The largest absolute Gasteiger partial charge is 0.481 e. The van der Waals surface area contributed by atoms with E-state index in [9.17, 15) is 14.4 Å².